The summed E-state index contributed by atoms with van der Waals surface area (Å²) in [5.74, 6) is 5.08. The fourth-order valence-electron chi connectivity index (χ4n) is 2.66. The standard InChI is InChI=1S/C17H30N4/c1-7-8-18-16-13(5)17(20-15(19-16)11(2)3)21(6)10-14-9-12(14)4/h11-12,14H,7-10H2,1-6H3,(H,18,19,20). The van der Waals surface area contributed by atoms with E-state index in [0.717, 1.165) is 48.8 Å². The maximum atomic E-state index is 4.82. The molecule has 4 heteroatoms. The molecule has 0 aliphatic heterocycles. The van der Waals surface area contributed by atoms with Gasteiger partial charge in [0.2, 0.25) is 0 Å². The minimum Gasteiger partial charge on any atom is -0.370 e. The maximum Gasteiger partial charge on any atom is 0.137 e. The van der Waals surface area contributed by atoms with E-state index < -0.39 is 0 Å². The fraction of sp³-hybridized carbons (Fsp3) is 0.765. The second-order valence-corrected chi connectivity index (χ2v) is 6.81. The molecule has 2 unspecified atom stereocenters. The van der Waals surface area contributed by atoms with Crippen molar-refractivity contribution in [1.29, 1.82) is 0 Å². The summed E-state index contributed by atoms with van der Waals surface area (Å²) in [5, 5.41) is 3.45. The topological polar surface area (TPSA) is 41.1 Å². The van der Waals surface area contributed by atoms with E-state index in [0.29, 0.717) is 5.92 Å². The van der Waals surface area contributed by atoms with Crippen molar-refractivity contribution in [3.05, 3.63) is 11.4 Å². The number of nitrogens with zero attached hydrogens (tertiary/aromatic N) is 3. The van der Waals surface area contributed by atoms with Gasteiger partial charge in [0.05, 0.1) is 0 Å². The molecule has 21 heavy (non-hydrogen) atoms. The lowest BCUT2D eigenvalue weighted by molar-refractivity contribution is 0.705. The zero-order valence-electron chi connectivity index (χ0n) is 14.4. The van der Waals surface area contributed by atoms with E-state index in [9.17, 15) is 0 Å². The molecule has 0 aromatic carbocycles. The molecule has 0 bridgehead atoms. The first-order valence-corrected chi connectivity index (χ1v) is 8.27. The Bertz CT molecular complexity index is 484. The molecule has 0 radical (unpaired) electrons. The van der Waals surface area contributed by atoms with Gasteiger partial charge in [0.15, 0.2) is 0 Å². The van der Waals surface area contributed by atoms with Crippen LogP contribution in [0.25, 0.3) is 0 Å². The molecular formula is C17H30N4. The molecule has 1 saturated carbocycles. The van der Waals surface area contributed by atoms with Crippen molar-refractivity contribution >= 4 is 11.6 Å². The van der Waals surface area contributed by atoms with Crippen molar-refractivity contribution < 1.29 is 0 Å². The smallest absolute Gasteiger partial charge is 0.137 e. The van der Waals surface area contributed by atoms with Crippen molar-refractivity contribution in [3.63, 3.8) is 0 Å². The van der Waals surface area contributed by atoms with Crippen molar-refractivity contribution in [1.82, 2.24) is 9.97 Å². The Balaban J connectivity index is 2.26. The Labute approximate surface area is 129 Å². The highest BCUT2D eigenvalue weighted by Crippen LogP contribution is 2.39. The van der Waals surface area contributed by atoms with E-state index in [1.54, 1.807) is 0 Å². The molecule has 1 aromatic heterocycles. The molecule has 1 heterocycles. The Morgan fingerprint density at radius 1 is 1.33 bits per heavy atom. The van der Waals surface area contributed by atoms with E-state index in [-0.39, 0.29) is 0 Å². The SMILES string of the molecule is CCCNc1nc(C(C)C)nc(N(C)CC2CC2C)c1C. The summed E-state index contributed by atoms with van der Waals surface area (Å²) in [4.78, 5) is 11.8. The molecule has 1 fully saturated rings. The molecule has 0 amide bonds. The zero-order valence-corrected chi connectivity index (χ0v) is 14.4. The van der Waals surface area contributed by atoms with Gasteiger partial charge in [0.25, 0.3) is 0 Å². The molecule has 1 aliphatic carbocycles. The summed E-state index contributed by atoms with van der Waals surface area (Å²) in [7, 11) is 2.16. The van der Waals surface area contributed by atoms with Gasteiger partial charge in [-0.25, -0.2) is 9.97 Å². The Kier molecular flexibility index (Phi) is 5.07. The Hall–Kier alpha value is -1.32. The van der Waals surface area contributed by atoms with Crippen LogP contribution in [-0.2, 0) is 0 Å². The number of aromatic nitrogens is 2. The predicted molar refractivity (Wildman–Crippen MR) is 90.2 cm³/mol. The van der Waals surface area contributed by atoms with Crippen LogP contribution in [0.1, 0.15) is 57.8 Å². The molecule has 2 atom stereocenters. The van der Waals surface area contributed by atoms with Crippen molar-refractivity contribution in [2.24, 2.45) is 11.8 Å². The van der Waals surface area contributed by atoms with Crippen LogP contribution in [0.3, 0.4) is 0 Å². The normalized spacial score (nSPS) is 20.7. The van der Waals surface area contributed by atoms with Gasteiger partial charge < -0.3 is 10.2 Å². The molecule has 1 aromatic rings. The van der Waals surface area contributed by atoms with Gasteiger partial charge in [-0.3, -0.25) is 0 Å². The van der Waals surface area contributed by atoms with Gasteiger partial charge in [-0.1, -0.05) is 27.7 Å². The molecule has 0 spiro atoms. The number of rotatable bonds is 7. The third-order valence-corrected chi connectivity index (χ3v) is 4.34. The summed E-state index contributed by atoms with van der Waals surface area (Å²) in [6.07, 6.45) is 2.46. The van der Waals surface area contributed by atoms with E-state index in [1.807, 2.05) is 0 Å². The Morgan fingerprint density at radius 3 is 2.52 bits per heavy atom. The van der Waals surface area contributed by atoms with Crippen LogP contribution in [0.4, 0.5) is 11.6 Å². The first kappa shape index (κ1) is 16.1. The molecule has 0 saturated heterocycles. The van der Waals surface area contributed by atoms with E-state index >= 15 is 0 Å². The lowest BCUT2D eigenvalue weighted by Crippen LogP contribution is -2.24. The van der Waals surface area contributed by atoms with Gasteiger partial charge in [-0.15, -0.1) is 0 Å². The van der Waals surface area contributed by atoms with E-state index in [2.05, 4.69) is 51.9 Å². The molecule has 1 N–H and O–H groups in total. The molecule has 1 aliphatic rings. The van der Waals surface area contributed by atoms with Crippen molar-refractivity contribution in [2.75, 3.05) is 30.4 Å². The van der Waals surface area contributed by atoms with Gasteiger partial charge in [0.1, 0.15) is 17.5 Å². The van der Waals surface area contributed by atoms with Crippen molar-refractivity contribution in [3.8, 4) is 0 Å². The molecule has 4 nitrogen and oxygen atoms in total. The summed E-state index contributed by atoms with van der Waals surface area (Å²) in [6, 6.07) is 0. The average Bonchev–Trinajstić information content (AvgIpc) is 3.12. The van der Waals surface area contributed by atoms with Gasteiger partial charge >= 0.3 is 0 Å². The number of hydrogen-bond acceptors (Lipinski definition) is 4. The fourth-order valence-corrected chi connectivity index (χ4v) is 2.66. The van der Waals surface area contributed by atoms with Crippen LogP contribution >= 0.6 is 0 Å². The molecular weight excluding hydrogens is 260 g/mol. The van der Waals surface area contributed by atoms with E-state index in [4.69, 9.17) is 9.97 Å². The molecule has 118 valence electrons. The minimum atomic E-state index is 0.347. The van der Waals surface area contributed by atoms with Gasteiger partial charge in [-0.05, 0) is 31.6 Å². The number of anilines is 2. The second kappa shape index (κ2) is 6.63. The first-order valence-electron chi connectivity index (χ1n) is 8.27. The largest absolute Gasteiger partial charge is 0.370 e. The third-order valence-electron chi connectivity index (χ3n) is 4.34. The monoisotopic (exact) mass is 290 g/mol. The number of hydrogen-bond donors (Lipinski definition) is 1. The van der Waals surface area contributed by atoms with Gasteiger partial charge in [0, 0.05) is 31.6 Å². The lowest BCUT2D eigenvalue weighted by atomic mass is 10.2. The minimum absolute atomic E-state index is 0.347. The molecule has 2 rings (SSSR count). The van der Waals surface area contributed by atoms with Crippen LogP contribution in [0, 0.1) is 18.8 Å². The highest BCUT2D eigenvalue weighted by atomic mass is 15.2. The van der Waals surface area contributed by atoms with Gasteiger partial charge in [-0.2, -0.15) is 0 Å². The Morgan fingerprint density at radius 2 is 2.00 bits per heavy atom. The first-order chi connectivity index (χ1) is 9.93. The summed E-state index contributed by atoms with van der Waals surface area (Å²) >= 11 is 0. The third kappa shape index (κ3) is 3.86. The summed E-state index contributed by atoms with van der Waals surface area (Å²) < 4.78 is 0. The highest BCUT2D eigenvalue weighted by Gasteiger charge is 2.34. The van der Waals surface area contributed by atoms with Crippen molar-refractivity contribution in [2.45, 2.75) is 53.4 Å². The van der Waals surface area contributed by atoms with Crippen LogP contribution < -0.4 is 10.2 Å². The van der Waals surface area contributed by atoms with Crippen LogP contribution in [-0.4, -0.2) is 30.1 Å². The lowest BCUT2D eigenvalue weighted by Gasteiger charge is -2.23. The zero-order chi connectivity index (χ0) is 15.6. The second-order valence-electron chi connectivity index (χ2n) is 6.81. The average molecular weight is 290 g/mol. The van der Waals surface area contributed by atoms with Crippen LogP contribution in [0.5, 0.6) is 0 Å². The maximum absolute atomic E-state index is 4.82. The summed E-state index contributed by atoms with van der Waals surface area (Å²) in [5.41, 5.74) is 1.17. The highest BCUT2D eigenvalue weighted by molar-refractivity contribution is 5.58. The summed E-state index contributed by atoms with van der Waals surface area (Å²) in [6.45, 7) is 13.0. The van der Waals surface area contributed by atoms with Crippen LogP contribution in [0.2, 0.25) is 0 Å². The quantitative estimate of drug-likeness (QED) is 0.829. The van der Waals surface area contributed by atoms with E-state index in [1.165, 1.54) is 12.0 Å². The predicted octanol–water partition coefficient (Wildman–Crippen LogP) is 3.82. The number of nitrogens with one attached hydrogen (secondary N) is 1. The van der Waals surface area contributed by atoms with Crippen LogP contribution in [0.15, 0.2) is 0 Å².